The van der Waals surface area contributed by atoms with Gasteiger partial charge in [-0.05, 0) is 29.8 Å². The van der Waals surface area contributed by atoms with Crippen LogP contribution in [0.1, 0.15) is 10.4 Å². The second-order valence-corrected chi connectivity index (χ2v) is 7.75. The summed E-state index contributed by atoms with van der Waals surface area (Å²) < 4.78 is 2.64. The Hall–Kier alpha value is -2.58. The van der Waals surface area contributed by atoms with E-state index < -0.39 is 0 Å². The Labute approximate surface area is 162 Å². The summed E-state index contributed by atoms with van der Waals surface area (Å²) in [6.07, 6.45) is 2.59. The lowest BCUT2D eigenvalue weighted by atomic mass is 10.1. The zero-order valence-corrected chi connectivity index (χ0v) is 16.0. The number of benzene rings is 2. The van der Waals surface area contributed by atoms with Crippen LogP contribution in [-0.2, 0) is 17.8 Å². The van der Waals surface area contributed by atoms with Crippen molar-refractivity contribution >= 4 is 49.3 Å². The Morgan fingerprint density at radius 3 is 2.81 bits per heavy atom. The zero-order chi connectivity index (χ0) is 17.9. The van der Waals surface area contributed by atoms with Gasteiger partial charge < -0.3 is 5.32 Å². The first kappa shape index (κ1) is 16.9. The first-order valence-corrected chi connectivity index (χ1v) is 9.55. The molecule has 2 aromatic carbocycles. The fraction of sp³-hybridized carbons (Fsp3) is 0.111. The smallest absolute Gasteiger partial charge is 0.247 e. The quantitative estimate of drug-likeness (QED) is 0.524. The maximum absolute atomic E-state index is 12.3. The highest BCUT2D eigenvalue weighted by Gasteiger charge is 2.11. The Bertz CT molecular complexity index is 1060. The Balaban J connectivity index is 1.40. The Kier molecular flexibility index (Phi) is 4.77. The van der Waals surface area contributed by atoms with Gasteiger partial charge in [-0.3, -0.25) is 4.79 Å². The Morgan fingerprint density at radius 1 is 1.15 bits per heavy atom. The fourth-order valence-electron chi connectivity index (χ4n) is 2.58. The van der Waals surface area contributed by atoms with E-state index in [1.54, 1.807) is 10.9 Å². The highest BCUT2D eigenvalue weighted by Crippen LogP contribution is 2.22. The van der Waals surface area contributed by atoms with Crippen LogP contribution in [0.2, 0.25) is 0 Å². The van der Waals surface area contributed by atoms with E-state index in [9.17, 15) is 4.79 Å². The van der Waals surface area contributed by atoms with Crippen molar-refractivity contribution in [1.82, 2.24) is 20.0 Å². The SMILES string of the molecule is O=C(Cn1nnc2ccccc21)Nc1ncc(Cc2ccc(Br)cc2)s1. The minimum Gasteiger partial charge on any atom is -0.300 e. The average molecular weight is 428 g/mol. The van der Waals surface area contributed by atoms with Crippen LogP contribution in [0.5, 0.6) is 0 Å². The molecule has 0 atom stereocenters. The first-order valence-electron chi connectivity index (χ1n) is 7.94. The van der Waals surface area contributed by atoms with Gasteiger partial charge in [-0.2, -0.15) is 0 Å². The van der Waals surface area contributed by atoms with Gasteiger partial charge in [0, 0.05) is 22.0 Å². The van der Waals surface area contributed by atoms with E-state index in [0.29, 0.717) is 5.13 Å². The molecule has 0 aliphatic rings. The molecule has 4 rings (SSSR count). The molecule has 0 saturated carbocycles. The summed E-state index contributed by atoms with van der Waals surface area (Å²) in [6.45, 7) is 0.0993. The maximum Gasteiger partial charge on any atom is 0.247 e. The van der Waals surface area contributed by atoms with Gasteiger partial charge in [0.2, 0.25) is 5.91 Å². The fourth-order valence-corrected chi connectivity index (χ4v) is 3.71. The summed E-state index contributed by atoms with van der Waals surface area (Å²) >= 11 is 4.91. The molecule has 0 saturated heterocycles. The van der Waals surface area contributed by atoms with E-state index >= 15 is 0 Å². The van der Waals surface area contributed by atoms with Crippen LogP contribution in [0, 0.1) is 0 Å². The van der Waals surface area contributed by atoms with Crippen LogP contribution in [0.15, 0.2) is 59.2 Å². The zero-order valence-electron chi connectivity index (χ0n) is 13.6. The van der Waals surface area contributed by atoms with E-state index in [1.807, 2.05) is 36.4 Å². The topological polar surface area (TPSA) is 72.7 Å². The van der Waals surface area contributed by atoms with E-state index in [1.165, 1.54) is 16.9 Å². The molecule has 2 heterocycles. The average Bonchev–Trinajstić information content (AvgIpc) is 3.24. The van der Waals surface area contributed by atoms with Crippen LogP contribution in [0.3, 0.4) is 0 Å². The Morgan fingerprint density at radius 2 is 1.96 bits per heavy atom. The van der Waals surface area contributed by atoms with E-state index in [2.05, 4.69) is 48.7 Å². The first-order chi connectivity index (χ1) is 12.7. The number of carbonyl (C=O) groups is 1. The third-order valence-electron chi connectivity index (χ3n) is 3.81. The molecule has 4 aromatic rings. The van der Waals surface area contributed by atoms with E-state index in [-0.39, 0.29) is 12.5 Å². The number of nitrogens with one attached hydrogen (secondary N) is 1. The van der Waals surface area contributed by atoms with E-state index in [0.717, 1.165) is 26.8 Å². The van der Waals surface area contributed by atoms with Crippen molar-refractivity contribution in [2.45, 2.75) is 13.0 Å². The number of hydrogen-bond acceptors (Lipinski definition) is 5. The van der Waals surface area contributed by atoms with Gasteiger partial charge in [0.25, 0.3) is 0 Å². The number of aromatic nitrogens is 4. The number of rotatable bonds is 5. The monoisotopic (exact) mass is 427 g/mol. The summed E-state index contributed by atoms with van der Waals surface area (Å²) in [6, 6.07) is 15.7. The van der Waals surface area contributed by atoms with Crippen molar-refractivity contribution in [2.75, 3.05) is 5.32 Å². The molecule has 0 spiro atoms. The number of nitrogens with zero attached hydrogens (tertiary/aromatic N) is 4. The second-order valence-electron chi connectivity index (χ2n) is 5.72. The van der Waals surface area contributed by atoms with Gasteiger partial charge in [0.1, 0.15) is 12.1 Å². The van der Waals surface area contributed by atoms with Crippen molar-refractivity contribution in [3.05, 3.63) is 69.6 Å². The molecular weight excluding hydrogens is 414 g/mol. The largest absolute Gasteiger partial charge is 0.300 e. The number of para-hydroxylation sites is 1. The number of carbonyl (C=O) groups excluding carboxylic acids is 1. The molecule has 0 aliphatic heterocycles. The highest BCUT2D eigenvalue weighted by atomic mass is 79.9. The van der Waals surface area contributed by atoms with Crippen LogP contribution < -0.4 is 5.32 Å². The molecule has 0 unspecified atom stereocenters. The minimum absolute atomic E-state index is 0.0993. The van der Waals surface area contributed by atoms with Crippen molar-refractivity contribution in [2.24, 2.45) is 0 Å². The molecule has 26 heavy (non-hydrogen) atoms. The minimum atomic E-state index is -0.176. The maximum atomic E-state index is 12.3. The number of fused-ring (bicyclic) bond motifs is 1. The lowest BCUT2D eigenvalue weighted by Crippen LogP contribution is -2.19. The molecule has 0 fully saturated rings. The van der Waals surface area contributed by atoms with E-state index in [4.69, 9.17) is 0 Å². The van der Waals surface area contributed by atoms with Crippen molar-refractivity contribution < 1.29 is 4.79 Å². The molecule has 0 aliphatic carbocycles. The summed E-state index contributed by atoms with van der Waals surface area (Å²) in [4.78, 5) is 17.7. The summed E-state index contributed by atoms with van der Waals surface area (Å²) in [5.74, 6) is -0.176. The van der Waals surface area contributed by atoms with Crippen molar-refractivity contribution in [3.63, 3.8) is 0 Å². The standard InChI is InChI=1S/C18H14BrN5OS/c19-13-7-5-12(6-8-13)9-14-10-20-18(26-14)21-17(25)11-24-16-4-2-1-3-15(16)22-23-24/h1-8,10H,9,11H2,(H,20,21,25). The normalized spacial score (nSPS) is 11.0. The molecule has 2 aromatic heterocycles. The molecule has 0 bridgehead atoms. The molecule has 130 valence electrons. The number of amides is 1. The van der Waals surface area contributed by atoms with Crippen LogP contribution in [0.4, 0.5) is 5.13 Å². The van der Waals surface area contributed by atoms with Gasteiger partial charge >= 0.3 is 0 Å². The summed E-state index contributed by atoms with van der Waals surface area (Å²) in [5, 5.41) is 11.5. The number of thiazole rings is 1. The lowest BCUT2D eigenvalue weighted by Gasteiger charge is -2.02. The van der Waals surface area contributed by atoms with Crippen molar-refractivity contribution in [1.29, 1.82) is 0 Å². The molecular formula is C18H14BrN5OS. The third-order valence-corrected chi connectivity index (χ3v) is 5.25. The van der Waals surface area contributed by atoms with Gasteiger partial charge in [-0.1, -0.05) is 45.4 Å². The van der Waals surface area contributed by atoms with Crippen molar-refractivity contribution in [3.8, 4) is 0 Å². The summed E-state index contributed by atoms with van der Waals surface area (Å²) in [7, 11) is 0. The third kappa shape index (κ3) is 3.81. The number of hydrogen-bond donors (Lipinski definition) is 1. The van der Waals surface area contributed by atoms with Gasteiger partial charge in [0.15, 0.2) is 5.13 Å². The number of anilines is 1. The summed E-state index contributed by atoms with van der Waals surface area (Å²) in [5.41, 5.74) is 2.80. The molecule has 0 radical (unpaired) electrons. The molecule has 6 nitrogen and oxygen atoms in total. The lowest BCUT2D eigenvalue weighted by molar-refractivity contribution is -0.116. The molecule has 8 heteroatoms. The van der Waals surface area contributed by atoms with Gasteiger partial charge in [-0.15, -0.1) is 16.4 Å². The molecule has 1 amide bonds. The van der Waals surface area contributed by atoms with Crippen LogP contribution in [-0.4, -0.2) is 25.9 Å². The predicted octanol–water partition coefficient (Wildman–Crippen LogP) is 3.88. The number of halogens is 1. The van der Waals surface area contributed by atoms with Gasteiger partial charge in [0.05, 0.1) is 5.52 Å². The highest BCUT2D eigenvalue weighted by molar-refractivity contribution is 9.10. The van der Waals surface area contributed by atoms with Gasteiger partial charge in [-0.25, -0.2) is 9.67 Å². The van der Waals surface area contributed by atoms with Crippen LogP contribution in [0.25, 0.3) is 11.0 Å². The molecule has 1 N–H and O–H groups in total. The van der Waals surface area contributed by atoms with Crippen LogP contribution >= 0.6 is 27.3 Å². The second kappa shape index (κ2) is 7.35. The predicted molar refractivity (Wildman–Crippen MR) is 105 cm³/mol.